The van der Waals surface area contributed by atoms with E-state index < -0.39 is 11.9 Å². The average molecular weight is 271 g/mol. The minimum Gasteiger partial charge on any atom is -0.368 e. The summed E-state index contributed by atoms with van der Waals surface area (Å²) in [6.07, 6.45) is 1.94. The van der Waals surface area contributed by atoms with Crippen LogP contribution < -0.4 is 5.73 Å². The molecule has 1 atom stereocenters. The van der Waals surface area contributed by atoms with Gasteiger partial charge < -0.3 is 5.73 Å². The number of nitrogens with zero attached hydrogens (tertiary/aromatic N) is 4. The van der Waals surface area contributed by atoms with Crippen LogP contribution in [0.2, 0.25) is 0 Å². The summed E-state index contributed by atoms with van der Waals surface area (Å²) in [6.45, 7) is -0.208. The molecule has 2 heterocycles. The molecule has 0 spiro atoms. The highest BCUT2D eigenvalue weighted by molar-refractivity contribution is 6.06. The number of hydrazone groups is 2. The van der Waals surface area contributed by atoms with Crippen LogP contribution in [0.1, 0.15) is 12.0 Å². The number of fused-ring (bicyclic) bond motifs is 1. The van der Waals surface area contributed by atoms with Crippen molar-refractivity contribution in [2.75, 3.05) is 6.54 Å². The molecule has 2 aliphatic rings. The third kappa shape index (κ3) is 2.13. The van der Waals surface area contributed by atoms with E-state index in [4.69, 9.17) is 5.73 Å². The minimum atomic E-state index is -0.592. The highest BCUT2D eigenvalue weighted by Crippen LogP contribution is 2.23. The average Bonchev–Trinajstić information content (AvgIpc) is 2.87. The third-order valence-corrected chi connectivity index (χ3v) is 3.20. The number of carbonyl (C=O) groups excluding carboxylic acids is 2. The molecule has 0 aromatic heterocycles. The van der Waals surface area contributed by atoms with Gasteiger partial charge in [0.2, 0.25) is 5.91 Å². The monoisotopic (exact) mass is 271 g/mol. The summed E-state index contributed by atoms with van der Waals surface area (Å²) in [5.41, 5.74) is 6.90. The number of rotatable bonds is 3. The van der Waals surface area contributed by atoms with Gasteiger partial charge in [0.25, 0.3) is 5.91 Å². The van der Waals surface area contributed by atoms with Crippen LogP contribution in [-0.4, -0.2) is 46.5 Å². The molecule has 102 valence electrons. The smallest absolute Gasteiger partial charge is 0.268 e. The molecule has 3 rings (SSSR count). The van der Waals surface area contributed by atoms with Gasteiger partial charge in [-0.25, -0.2) is 10.0 Å². The third-order valence-electron chi connectivity index (χ3n) is 3.20. The second kappa shape index (κ2) is 4.76. The first-order valence-corrected chi connectivity index (χ1v) is 6.20. The van der Waals surface area contributed by atoms with Crippen LogP contribution >= 0.6 is 0 Å². The van der Waals surface area contributed by atoms with Crippen LogP contribution in [0.15, 0.2) is 40.5 Å². The van der Waals surface area contributed by atoms with Gasteiger partial charge in [-0.2, -0.15) is 10.2 Å². The van der Waals surface area contributed by atoms with E-state index in [1.165, 1.54) is 11.3 Å². The van der Waals surface area contributed by atoms with E-state index in [1.54, 1.807) is 0 Å². The Morgan fingerprint density at radius 2 is 2.10 bits per heavy atom. The summed E-state index contributed by atoms with van der Waals surface area (Å²) in [7, 11) is 0. The number of hydrogen-bond donors (Lipinski definition) is 1. The molecule has 1 aromatic carbocycles. The molecule has 0 aliphatic carbocycles. The number of amides is 2. The molecule has 2 aliphatic heterocycles. The molecule has 0 radical (unpaired) electrons. The maximum absolute atomic E-state index is 12.2. The van der Waals surface area contributed by atoms with Gasteiger partial charge in [-0.3, -0.25) is 9.59 Å². The second-order valence-electron chi connectivity index (χ2n) is 4.61. The van der Waals surface area contributed by atoms with E-state index in [-0.39, 0.29) is 12.5 Å². The summed E-state index contributed by atoms with van der Waals surface area (Å²) in [6, 6.07) is 9.21. The largest absolute Gasteiger partial charge is 0.368 e. The lowest BCUT2D eigenvalue weighted by molar-refractivity contribution is -0.139. The van der Waals surface area contributed by atoms with Crippen LogP contribution in [0, 0.1) is 0 Å². The second-order valence-corrected chi connectivity index (χ2v) is 4.61. The van der Waals surface area contributed by atoms with Crippen LogP contribution in [-0.2, 0) is 9.59 Å². The molecular formula is C13H13N5O2. The van der Waals surface area contributed by atoms with Crippen molar-refractivity contribution in [2.45, 2.75) is 12.5 Å². The van der Waals surface area contributed by atoms with E-state index in [1.807, 2.05) is 30.3 Å². The lowest BCUT2D eigenvalue weighted by Crippen LogP contribution is -2.49. The molecule has 20 heavy (non-hydrogen) atoms. The van der Waals surface area contributed by atoms with Gasteiger partial charge in [0.05, 0.1) is 5.71 Å². The first-order valence-electron chi connectivity index (χ1n) is 6.20. The summed E-state index contributed by atoms with van der Waals surface area (Å²) in [5, 5.41) is 10.9. The van der Waals surface area contributed by atoms with Crippen molar-refractivity contribution in [3.05, 3.63) is 35.9 Å². The molecule has 1 aromatic rings. The van der Waals surface area contributed by atoms with Gasteiger partial charge in [-0.15, -0.1) is 0 Å². The SMILES string of the molecule is NC(=O)CN1N=CN2N=C(c3ccccc3)CC2C1=O. The molecule has 2 N–H and O–H groups in total. The molecular weight excluding hydrogens is 258 g/mol. The zero-order valence-corrected chi connectivity index (χ0v) is 10.6. The van der Waals surface area contributed by atoms with Gasteiger partial charge in [-0.05, 0) is 5.56 Å². The Balaban J connectivity index is 1.80. The summed E-state index contributed by atoms with van der Waals surface area (Å²) in [4.78, 5) is 23.1. The van der Waals surface area contributed by atoms with E-state index in [9.17, 15) is 9.59 Å². The zero-order chi connectivity index (χ0) is 14.1. The zero-order valence-electron chi connectivity index (χ0n) is 10.6. The Morgan fingerprint density at radius 3 is 2.80 bits per heavy atom. The van der Waals surface area contributed by atoms with Crippen molar-refractivity contribution in [3.8, 4) is 0 Å². The van der Waals surface area contributed by atoms with Crippen molar-refractivity contribution in [2.24, 2.45) is 15.9 Å². The number of nitrogens with two attached hydrogens (primary N) is 1. The van der Waals surface area contributed by atoms with Crippen molar-refractivity contribution in [3.63, 3.8) is 0 Å². The Labute approximate surface area is 115 Å². The molecule has 0 fully saturated rings. The Morgan fingerprint density at radius 1 is 1.35 bits per heavy atom. The van der Waals surface area contributed by atoms with Gasteiger partial charge >= 0.3 is 0 Å². The van der Waals surface area contributed by atoms with Crippen molar-refractivity contribution >= 4 is 23.9 Å². The first kappa shape index (κ1) is 12.3. The van der Waals surface area contributed by atoms with Gasteiger partial charge in [-0.1, -0.05) is 30.3 Å². The first-order chi connectivity index (χ1) is 9.65. The van der Waals surface area contributed by atoms with Gasteiger partial charge in [0, 0.05) is 6.42 Å². The normalized spacial score (nSPS) is 20.9. The predicted octanol–water partition coefficient (Wildman–Crippen LogP) is -0.264. The van der Waals surface area contributed by atoms with Crippen molar-refractivity contribution in [1.29, 1.82) is 0 Å². The van der Waals surface area contributed by atoms with E-state index in [2.05, 4.69) is 10.2 Å². The highest BCUT2D eigenvalue weighted by Gasteiger charge is 2.38. The van der Waals surface area contributed by atoms with Gasteiger partial charge in [0.1, 0.15) is 18.9 Å². The molecule has 0 saturated heterocycles. The number of carbonyl (C=O) groups is 2. The topological polar surface area (TPSA) is 91.4 Å². The lowest BCUT2D eigenvalue weighted by atomic mass is 10.0. The van der Waals surface area contributed by atoms with E-state index in [0.717, 1.165) is 16.3 Å². The number of hydrogen-bond acceptors (Lipinski definition) is 5. The fourth-order valence-corrected chi connectivity index (χ4v) is 2.25. The van der Waals surface area contributed by atoms with Crippen LogP contribution in [0.5, 0.6) is 0 Å². The number of benzene rings is 1. The maximum Gasteiger partial charge on any atom is 0.268 e. The maximum atomic E-state index is 12.2. The molecule has 2 amide bonds. The number of primary amides is 1. The Hall–Kier alpha value is -2.70. The predicted molar refractivity (Wildman–Crippen MR) is 72.6 cm³/mol. The molecule has 0 bridgehead atoms. The van der Waals surface area contributed by atoms with E-state index in [0.29, 0.717) is 6.42 Å². The quantitative estimate of drug-likeness (QED) is 0.820. The summed E-state index contributed by atoms with van der Waals surface area (Å²) < 4.78 is 0. The fraction of sp³-hybridized carbons (Fsp3) is 0.231. The van der Waals surface area contributed by atoms with Crippen LogP contribution in [0.25, 0.3) is 0 Å². The Kier molecular flexibility index (Phi) is 2.94. The summed E-state index contributed by atoms with van der Waals surface area (Å²) in [5.74, 6) is -0.855. The van der Waals surface area contributed by atoms with Crippen molar-refractivity contribution < 1.29 is 9.59 Å². The van der Waals surface area contributed by atoms with Crippen molar-refractivity contribution in [1.82, 2.24) is 10.0 Å². The molecule has 1 unspecified atom stereocenters. The Bertz CT molecular complexity index is 610. The molecule has 0 saturated carbocycles. The highest BCUT2D eigenvalue weighted by atomic mass is 16.2. The molecule has 7 heteroatoms. The van der Waals surface area contributed by atoms with Crippen LogP contribution in [0.3, 0.4) is 0 Å². The lowest BCUT2D eigenvalue weighted by Gasteiger charge is -2.27. The summed E-state index contributed by atoms with van der Waals surface area (Å²) >= 11 is 0. The van der Waals surface area contributed by atoms with Crippen LogP contribution in [0.4, 0.5) is 0 Å². The fourth-order valence-electron chi connectivity index (χ4n) is 2.25. The van der Waals surface area contributed by atoms with Gasteiger partial charge in [0.15, 0.2) is 0 Å². The van der Waals surface area contributed by atoms with E-state index >= 15 is 0 Å². The molecule has 7 nitrogen and oxygen atoms in total. The standard InChI is InChI=1S/C13H13N5O2/c14-12(19)7-17-13(20)11-6-10(16-18(11)8-15-17)9-4-2-1-3-5-9/h1-5,8,11H,6-7H2,(H2,14,19). The minimum absolute atomic E-state index is 0.208.